The number of halogens is 1. The number of carbonyl (C=O) groups excluding carboxylic acids is 7. The molecule has 5 aliphatic rings. The lowest BCUT2D eigenvalue weighted by molar-refractivity contribution is -0.173. The predicted molar refractivity (Wildman–Crippen MR) is 286 cm³/mol. The summed E-state index contributed by atoms with van der Waals surface area (Å²) in [6, 6.07) is 25.8. The number of benzene rings is 4. The molecule has 2 aliphatic heterocycles. The number of aromatic nitrogens is 2. The Balaban J connectivity index is 0.661. The number of rotatable bonds is 19. The summed E-state index contributed by atoms with van der Waals surface area (Å²) in [6.07, 6.45) is 1.83. The fourth-order valence-corrected chi connectivity index (χ4v) is 11.5. The van der Waals surface area contributed by atoms with Gasteiger partial charge in [0, 0.05) is 34.9 Å². The average Bonchev–Trinajstić information content (AvgIpc) is 3.10. The first-order chi connectivity index (χ1) is 38.6. The molecule has 1 fully saturated rings. The maximum absolute atomic E-state index is 15.5. The highest BCUT2D eigenvalue weighted by molar-refractivity contribution is 5.95. The Kier molecular flexibility index (Phi) is 14.7. The summed E-state index contributed by atoms with van der Waals surface area (Å²) in [7, 11) is 0. The van der Waals surface area contributed by atoms with Crippen LogP contribution >= 0.6 is 0 Å². The van der Waals surface area contributed by atoms with Gasteiger partial charge >= 0.3 is 12.1 Å². The largest absolute Gasteiger partial charge is 0.458 e. The van der Waals surface area contributed by atoms with Crippen molar-refractivity contribution in [1.82, 2.24) is 41.5 Å². The third-order valence-corrected chi connectivity index (χ3v) is 15.6. The zero-order valence-corrected chi connectivity index (χ0v) is 43.6. The van der Waals surface area contributed by atoms with Gasteiger partial charge in [-0.1, -0.05) is 91.7 Å². The molecule has 20 nitrogen and oxygen atoms in total. The van der Waals surface area contributed by atoms with E-state index in [1.807, 2.05) is 48.5 Å². The van der Waals surface area contributed by atoms with Gasteiger partial charge in [0.25, 0.3) is 5.56 Å². The predicted octanol–water partition coefficient (Wildman–Crippen LogP) is 3.61. The summed E-state index contributed by atoms with van der Waals surface area (Å²) in [4.78, 5) is 110. The number of hydrogen-bond donors (Lipinski definition) is 7. The van der Waals surface area contributed by atoms with Crippen molar-refractivity contribution in [2.45, 2.75) is 82.2 Å². The van der Waals surface area contributed by atoms with E-state index in [1.165, 1.54) is 10.6 Å². The number of nitrogens with one attached hydrogen (secondary N) is 6. The molecule has 0 bridgehead atoms. The quantitative estimate of drug-likeness (QED) is 0.0347. The van der Waals surface area contributed by atoms with Crippen LogP contribution in [0.2, 0.25) is 0 Å². The molecule has 1 saturated carbocycles. The summed E-state index contributed by atoms with van der Waals surface area (Å²) < 4.78 is 33.3. The molecule has 80 heavy (non-hydrogen) atoms. The van der Waals surface area contributed by atoms with Crippen LogP contribution in [0.1, 0.15) is 87.7 Å². The lowest BCUT2D eigenvalue weighted by atomic mass is 9.81. The van der Waals surface area contributed by atoms with Crippen LogP contribution < -0.4 is 37.5 Å². The third kappa shape index (κ3) is 10.6. The van der Waals surface area contributed by atoms with Crippen LogP contribution in [0.3, 0.4) is 0 Å². The van der Waals surface area contributed by atoms with E-state index in [0.29, 0.717) is 57.4 Å². The first-order valence-electron chi connectivity index (χ1n) is 26.6. The number of cyclic esters (lactones) is 1. The number of alkyl carbamates (subject to hydrolysis) is 1. The maximum Gasteiger partial charge on any atom is 0.407 e. The van der Waals surface area contributed by atoms with Crippen LogP contribution in [0.5, 0.6) is 0 Å². The van der Waals surface area contributed by atoms with E-state index in [0.717, 1.165) is 40.7 Å². The van der Waals surface area contributed by atoms with Gasteiger partial charge in [0.2, 0.25) is 29.5 Å². The number of hydrogen-bond acceptors (Lipinski definition) is 13. The molecule has 0 radical (unpaired) electrons. The van der Waals surface area contributed by atoms with Crippen LogP contribution in [0.15, 0.2) is 95.8 Å². The molecular weight excluding hydrogens is 1030 g/mol. The molecule has 0 unspecified atom stereocenters. The van der Waals surface area contributed by atoms with E-state index in [9.17, 15) is 43.5 Å². The molecule has 412 valence electrons. The number of nitrogens with zero attached hydrogens (tertiary/aromatic N) is 2. The smallest absolute Gasteiger partial charge is 0.407 e. The lowest BCUT2D eigenvalue weighted by Gasteiger charge is -2.32. The van der Waals surface area contributed by atoms with Gasteiger partial charge < -0.3 is 55.8 Å². The van der Waals surface area contributed by atoms with Crippen molar-refractivity contribution < 1.29 is 57.3 Å². The zero-order valence-electron chi connectivity index (χ0n) is 43.6. The second-order valence-electron chi connectivity index (χ2n) is 20.8. The number of esters is 1. The number of ether oxygens (including phenoxy) is 3. The minimum atomic E-state index is -2.01. The fourth-order valence-electron chi connectivity index (χ4n) is 11.5. The Hall–Kier alpha value is -8.82. The van der Waals surface area contributed by atoms with Crippen molar-refractivity contribution in [2.24, 2.45) is 5.92 Å². The minimum Gasteiger partial charge on any atom is -0.458 e. The van der Waals surface area contributed by atoms with Gasteiger partial charge in [-0.2, -0.15) is 0 Å². The SMILES string of the molecule is Cc1c(F)cc2nc3c(c4c2c1CC[C@@H]4NC(=O)COCNC(=O)CNC(=O)[C@H](Cc1ccccc1)NC(=O)CNC(=O)CNC(=O)OCC1c2ccccc2-c2ccccc21)Cn1c-3cc2c(c1=O)COC(=O)[C@]2(O)CC1CC1. The summed E-state index contributed by atoms with van der Waals surface area (Å²) in [6.45, 7) is -0.911. The van der Waals surface area contributed by atoms with E-state index in [-0.39, 0.29) is 55.6 Å². The van der Waals surface area contributed by atoms with Crippen LogP contribution in [0.25, 0.3) is 33.4 Å². The van der Waals surface area contributed by atoms with Gasteiger partial charge in [-0.15, -0.1) is 0 Å². The third-order valence-electron chi connectivity index (χ3n) is 15.6. The van der Waals surface area contributed by atoms with Gasteiger partial charge in [0.05, 0.1) is 48.1 Å². The number of aryl methyl sites for hydroxylation is 1. The molecule has 6 amide bonds. The Morgan fingerprint density at radius 2 is 1.50 bits per heavy atom. The second-order valence-corrected chi connectivity index (χ2v) is 20.8. The van der Waals surface area contributed by atoms with E-state index < -0.39 is 104 Å². The molecule has 3 aliphatic carbocycles. The van der Waals surface area contributed by atoms with Crippen LogP contribution in [0, 0.1) is 18.7 Å². The topological polar surface area (TPSA) is 274 Å². The first-order valence-corrected chi connectivity index (χ1v) is 26.6. The summed E-state index contributed by atoms with van der Waals surface area (Å²) >= 11 is 0. The van der Waals surface area contributed by atoms with Crippen molar-refractivity contribution in [1.29, 1.82) is 0 Å². The van der Waals surface area contributed by atoms with Gasteiger partial charge in [0.15, 0.2) is 5.60 Å². The first kappa shape index (κ1) is 53.2. The summed E-state index contributed by atoms with van der Waals surface area (Å²) in [5, 5.41) is 27.9. The highest BCUT2D eigenvalue weighted by Gasteiger charge is 2.50. The Labute approximate surface area is 457 Å². The lowest BCUT2D eigenvalue weighted by Crippen LogP contribution is -2.52. The second kappa shape index (κ2) is 22.1. The fraction of sp³-hybridized carbons (Fsp3) is 0.339. The zero-order chi connectivity index (χ0) is 55.8. The molecule has 11 rings (SSSR count). The molecule has 7 N–H and O–H groups in total. The van der Waals surface area contributed by atoms with E-state index in [4.69, 9.17) is 19.2 Å². The molecule has 0 saturated heterocycles. The maximum atomic E-state index is 15.5. The van der Waals surface area contributed by atoms with Crippen molar-refractivity contribution in [3.63, 3.8) is 0 Å². The standard InChI is InChI=1S/C59H57FN8O12/c1-31-34-17-18-44(53-39-26-68-47(54(39)67-45(52(34)53)21-43(31)60)20-42-41(56(68)74)28-79-57(75)59(42,77)22-33-15-16-33)65-51(72)29-78-30-64-49(70)23-62-55(73)46(19-32-9-3-2-4-10-32)66-50(71)25-61-48(69)24-63-58(76)80-27-40-37-13-7-5-11-35(37)36-12-6-8-14-38(36)40/h2-14,20-21,33,40,44,46,77H,15-19,22-30H2,1H3,(H,61,69)(H,62,73)(H,63,76)(H,64,70)(H,65,72)(H,66,71)/t44-,46-,59-/m0/s1. The molecule has 4 aromatic carbocycles. The number of carbonyl (C=O) groups is 7. The van der Waals surface area contributed by atoms with Gasteiger partial charge in [-0.3, -0.25) is 28.8 Å². The van der Waals surface area contributed by atoms with Crippen LogP contribution in [-0.2, 0) is 74.6 Å². The van der Waals surface area contributed by atoms with Crippen molar-refractivity contribution in [2.75, 3.05) is 39.6 Å². The monoisotopic (exact) mass is 1090 g/mol. The van der Waals surface area contributed by atoms with Gasteiger partial charge in [0.1, 0.15) is 45.0 Å². The van der Waals surface area contributed by atoms with E-state index in [1.54, 1.807) is 43.3 Å². The Morgan fingerprint density at radius 1 is 0.812 bits per heavy atom. The summed E-state index contributed by atoms with van der Waals surface area (Å²) in [5.74, 6) is -4.62. The molecular formula is C59H57FN8O12. The van der Waals surface area contributed by atoms with E-state index >= 15 is 4.39 Å². The molecule has 21 heteroatoms. The molecule has 2 aromatic heterocycles. The minimum absolute atomic E-state index is 0.0437. The number of pyridine rings is 2. The molecule has 6 aromatic rings. The van der Waals surface area contributed by atoms with Crippen LogP contribution in [0.4, 0.5) is 9.18 Å². The Morgan fingerprint density at radius 3 is 2.24 bits per heavy atom. The molecule has 3 atom stereocenters. The van der Waals surface area contributed by atoms with Gasteiger partial charge in [-0.05, 0) is 82.7 Å². The summed E-state index contributed by atoms with van der Waals surface area (Å²) in [5.41, 5.74) is 6.36. The average molecular weight is 1090 g/mol. The van der Waals surface area contributed by atoms with Crippen molar-refractivity contribution in [3.8, 4) is 22.5 Å². The normalized spacial score (nSPS) is 17.6. The number of amides is 6. The molecule has 0 spiro atoms. The van der Waals surface area contributed by atoms with Gasteiger partial charge in [-0.25, -0.2) is 19.0 Å². The van der Waals surface area contributed by atoms with Crippen LogP contribution in [-0.4, -0.2) is 102 Å². The van der Waals surface area contributed by atoms with Crippen molar-refractivity contribution in [3.05, 3.63) is 157 Å². The number of fused-ring (bicyclic) bond motifs is 8. The van der Waals surface area contributed by atoms with E-state index in [2.05, 4.69) is 31.9 Å². The highest BCUT2D eigenvalue weighted by Crippen LogP contribution is 2.48. The number of aliphatic hydroxyl groups is 1. The van der Waals surface area contributed by atoms with Crippen molar-refractivity contribution >= 4 is 52.5 Å². The molecule has 4 heterocycles. The Bertz CT molecular complexity index is 3560. The highest BCUT2D eigenvalue weighted by atomic mass is 19.1.